The average molecular weight is 431 g/mol. The number of amides is 2. The molecule has 0 spiro atoms. The van der Waals surface area contributed by atoms with Crippen LogP contribution in [0.2, 0.25) is 0 Å². The number of phenols is 1. The Morgan fingerprint density at radius 2 is 1.39 bits per heavy atom. The lowest BCUT2D eigenvalue weighted by Crippen LogP contribution is -2.46. The third kappa shape index (κ3) is 5.38. The molecule has 170 valence electrons. The van der Waals surface area contributed by atoms with Gasteiger partial charge in [-0.05, 0) is 74.5 Å². The minimum absolute atomic E-state index is 0.106. The van der Waals surface area contributed by atoms with Crippen LogP contribution in [0.15, 0.2) is 12.1 Å². The van der Waals surface area contributed by atoms with Gasteiger partial charge in [-0.2, -0.15) is 0 Å². The molecule has 0 unspecified atom stereocenters. The predicted molar refractivity (Wildman–Crippen MR) is 117 cm³/mol. The lowest BCUT2D eigenvalue weighted by Gasteiger charge is -2.40. The van der Waals surface area contributed by atoms with E-state index in [1.807, 2.05) is 37.8 Å². The molecule has 1 atom stereocenters. The summed E-state index contributed by atoms with van der Waals surface area (Å²) < 4.78 is 0. The molecule has 3 rings (SSSR count). The lowest BCUT2D eigenvalue weighted by molar-refractivity contribution is -0.156. The Kier molecular flexibility index (Phi) is 7.23. The highest BCUT2D eigenvalue weighted by Crippen LogP contribution is 2.33. The Morgan fingerprint density at radius 1 is 0.935 bits per heavy atom. The third-order valence-corrected chi connectivity index (χ3v) is 7.04. The quantitative estimate of drug-likeness (QED) is 0.716. The van der Waals surface area contributed by atoms with Gasteiger partial charge in [0, 0.05) is 32.1 Å². The molecular weight excluding hydrogens is 396 g/mol. The summed E-state index contributed by atoms with van der Waals surface area (Å²) in [4.78, 5) is 38.9. The van der Waals surface area contributed by atoms with E-state index in [4.69, 9.17) is 5.11 Å². The number of hydrogen-bond acceptors (Lipinski definition) is 4. The first-order chi connectivity index (χ1) is 14.7. The summed E-state index contributed by atoms with van der Waals surface area (Å²) in [5, 5.41) is 18.8. The number of carboxylic acids is 1. The number of phenolic OH excluding ortho intramolecular Hbond substituents is 1. The Balaban J connectivity index is 1.47. The number of likely N-dealkylation sites (tertiary alicyclic amines) is 2. The van der Waals surface area contributed by atoms with Gasteiger partial charge in [-0.1, -0.05) is 19.1 Å². The standard InChI is InChI=1S/C24H34N2O5/c1-15-12-18(13-16(2)21(15)27)14-17(3)22(28)25-8-4-19(5-9-25)20-6-10-26(11-7-20)23(29)24(30)31/h12-13,17,19-20,27H,4-11,14H2,1-3H3,(H,30,31)/t17-/m1/s1. The number of carbonyl (C=O) groups excluding carboxylic acids is 2. The van der Waals surface area contributed by atoms with E-state index < -0.39 is 11.9 Å². The zero-order chi connectivity index (χ0) is 22.7. The summed E-state index contributed by atoms with van der Waals surface area (Å²) >= 11 is 0. The van der Waals surface area contributed by atoms with Crippen LogP contribution in [0.5, 0.6) is 5.75 Å². The molecule has 0 radical (unpaired) electrons. The Labute approximate surface area is 184 Å². The highest BCUT2D eigenvalue weighted by atomic mass is 16.4. The summed E-state index contributed by atoms with van der Waals surface area (Å²) in [6.07, 6.45) is 4.28. The minimum atomic E-state index is -1.38. The van der Waals surface area contributed by atoms with Crippen molar-refractivity contribution in [3.63, 3.8) is 0 Å². The van der Waals surface area contributed by atoms with Crippen LogP contribution < -0.4 is 0 Å². The second-order valence-corrected chi connectivity index (χ2v) is 9.28. The van der Waals surface area contributed by atoms with Crippen molar-refractivity contribution >= 4 is 17.8 Å². The number of hydrogen-bond donors (Lipinski definition) is 2. The first kappa shape index (κ1) is 23.1. The molecule has 2 aliphatic rings. The molecular formula is C24H34N2O5. The molecule has 0 saturated carbocycles. The number of nitrogens with zero attached hydrogens (tertiary/aromatic N) is 2. The molecule has 0 bridgehead atoms. The molecule has 1 aromatic rings. The van der Waals surface area contributed by atoms with Crippen molar-refractivity contribution in [3.05, 3.63) is 28.8 Å². The second-order valence-electron chi connectivity index (χ2n) is 9.28. The highest BCUT2D eigenvalue weighted by Gasteiger charge is 2.34. The van der Waals surface area contributed by atoms with Crippen molar-refractivity contribution < 1.29 is 24.6 Å². The number of rotatable bonds is 4. The first-order valence-corrected chi connectivity index (χ1v) is 11.3. The van der Waals surface area contributed by atoms with E-state index in [0.29, 0.717) is 37.1 Å². The SMILES string of the molecule is Cc1cc(C[C@@H](C)C(=O)N2CCC(C3CCN(C(=O)C(=O)O)CC3)CC2)cc(C)c1O. The fourth-order valence-corrected chi connectivity index (χ4v) is 5.22. The number of aryl methyl sites for hydroxylation is 2. The van der Waals surface area contributed by atoms with Crippen LogP contribution in [0, 0.1) is 31.6 Å². The molecule has 0 aliphatic carbocycles. The molecule has 2 N–H and O–H groups in total. The minimum Gasteiger partial charge on any atom is -0.507 e. The van der Waals surface area contributed by atoms with Crippen LogP contribution in [-0.4, -0.2) is 64.0 Å². The first-order valence-electron chi connectivity index (χ1n) is 11.3. The van der Waals surface area contributed by atoms with E-state index in [1.165, 1.54) is 4.90 Å². The van der Waals surface area contributed by atoms with Crippen molar-refractivity contribution in [2.45, 2.75) is 52.9 Å². The van der Waals surface area contributed by atoms with Crippen molar-refractivity contribution in [2.24, 2.45) is 17.8 Å². The fraction of sp³-hybridized carbons (Fsp3) is 0.625. The Hall–Kier alpha value is -2.57. The van der Waals surface area contributed by atoms with Gasteiger partial charge in [0.05, 0.1) is 0 Å². The maximum absolute atomic E-state index is 13.0. The van der Waals surface area contributed by atoms with Gasteiger partial charge >= 0.3 is 11.9 Å². The molecule has 7 nitrogen and oxygen atoms in total. The predicted octanol–water partition coefficient (Wildman–Crippen LogP) is 2.75. The second kappa shape index (κ2) is 9.71. The Bertz CT molecular complexity index is 813. The molecule has 2 heterocycles. The monoisotopic (exact) mass is 430 g/mol. The zero-order valence-electron chi connectivity index (χ0n) is 18.8. The topological polar surface area (TPSA) is 98.2 Å². The summed E-state index contributed by atoms with van der Waals surface area (Å²) in [5.41, 5.74) is 2.75. The van der Waals surface area contributed by atoms with Gasteiger partial charge in [0.1, 0.15) is 5.75 Å². The van der Waals surface area contributed by atoms with Gasteiger partial charge < -0.3 is 20.0 Å². The van der Waals surface area contributed by atoms with Crippen LogP contribution >= 0.6 is 0 Å². The number of aliphatic carboxylic acids is 1. The van der Waals surface area contributed by atoms with Crippen molar-refractivity contribution in [1.29, 1.82) is 0 Å². The van der Waals surface area contributed by atoms with E-state index >= 15 is 0 Å². The van der Waals surface area contributed by atoms with Crippen molar-refractivity contribution in [3.8, 4) is 5.75 Å². The molecule has 31 heavy (non-hydrogen) atoms. The summed E-state index contributed by atoms with van der Waals surface area (Å²) in [6.45, 7) is 8.28. The number of carbonyl (C=O) groups is 3. The third-order valence-electron chi connectivity index (χ3n) is 7.04. The molecule has 2 amide bonds. The fourth-order valence-electron chi connectivity index (χ4n) is 5.22. The van der Waals surface area contributed by atoms with Gasteiger partial charge in [-0.25, -0.2) is 4.79 Å². The van der Waals surface area contributed by atoms with Crippen LogP contribution in [0.3, 0.4) is 0 Å². The van der Waals surface area contributed by atoms with Gasteiger partial charge in [-0.15, -0.1) is 0 Å². The molecule has 2 fully saturated rings. The number of carboxylic acid groups (broad SMARTS) is 1. The van der Waals surface area contributed by atoms with Gasteiger partial charge in [0.25, 0.3) is 0 Å². The van der Waals surface area contributed by atoms with Crippen LogP contribution in [0.4, 0.5) is 0 Å². The Morgan fingerprint density at radius 3 is 1.84 bits per heavy atom. The van der Waals surface area contributed by atoms with Gasteiger partial charge in [-0.3, -0.25) is 9.59 Å². The molecule has 2 aliphatic heterocycles. The maximum Gasteiger partial charge on any atom is 0.394 e. The number of piperidine rings is 2. The van der Waals surface area contributed by atoms with E-state index in [0.717, 1.165) is 55.5 Å². The molecule has 0 aromatic heterocycles. The van der Waals surface area contributed by atoms with Crippen molar-refractivity contribution in [2.75, 3.05) is 26.2 Å². The van der Waals surface area contributed by atoms with E-state index in [1.54, 1.807) is 0 Å². The summed E-state index contributed by atoms with van der Waals surface area (Å²) in [7, 11) is 0. The van der Waals surface area contributed by atoms with Crippen molar-refractivity contribution in [1.82, 2.24) is 9.80 Å². The van der Waals surface area contributed by atoms with Crippen LogP contribution in [-0.2, 0) is 20.8 Å². The molecule has 1 aromatic carbocycles. The maximum atomic E-state index is 13.0. The number of benzene rings is 1. The van der Waals surface area contributed by atoms with Gasteiger partial charge in [0.2, 0.25) is 5.91 Å². The van der Waals surface area contributed by atoms with Crippen LogP contribution in [0.25, 0.3) is 0 Å². The summed E-state index contributed by atoms with van der Waals surface area (Å²) in [6, 6.07) is 3.92. The lowest BCUT2D eigenvalue weighted by atomic mass is 9.78. The van der Waals surface area contributed by atoms with Gasteiger partial charge in [0.15, 0.2) is 0 Å². The zero-order valence-corrected chi connectivity index (χ0v) is 18.8. The summed E-state index contributed by atoms with van der Waals surface area (Å²) in [5.74, 6) is -0.750. The van der Waals surface area contributed by atoms with E-state index in [2.05, 4.69) is 0 Å². The smallest absolute Gasteiger partial charge is 0.394 e. The highest BCUT2D eigenvalue weighted by molar-refractivity contribution is 6.31. The van der Waals surface area contributed by atoms with E-state index in [9.17, 15) is 19.5 Å². The van der Waals surface area contributed by atoms with Crippen LogP contribution in [0.1, 0.15) is 49.3 Å². The van der Waals surface area contributed by atoms with E-state index in [-0.39, 0.29) is 11.8 Å². The number of aromatic hydroxyl groups is 1. The normalized spacial score (nSPS) is 19.3. The average Bonchev–Trinajstić information content (AvgIpc) is 2.76. The molecule has 7 heteroatoms. The molecule has 2 saturated heterocycles. The largest absolute Gasteiger partial charge is 0.507 e.